The first-order chi connectivity index (χ1) is 7.59. The number of hydrogen-bond donors (Lipinski definition) is 1. The van der Waals surface area contributed by atoms with Crippen molar-refractivity contribution in [1.29, 1.82) is 0 Å². The van der Waals surface area contributed by atoms with Crippen molar-refractivity contribution in [1.82, 2.24) is 15.1 Å². The van der Waals surface area contributed by atoms with Crippen LogP contribution in [0.15, 0.2) is 0 Å². The highest BCUT2D eigenvalue weighted by Crippen LogP contribution is 2.39. The van der Waals surface area contributed by atoms with Crippen molar-refractivity contribution < 1.29 is 4.79 Å². The fourth-order valence-electron chi connectivity index (χ4n) is 2.20. The lowest BCUT2D eigenvalue weighted by atomic mass is 10.2. The maximum absolute atomic E-state index is 12.0. The van der Waals surface area contributed by atoms with Crippen LogP contribution in [0.25, 0.3) is 0 Å². The Morgan fingerprint density at radius 3 is 2.75 bits per heavy atom. The minimum atomic E-state index is -0.130. The molecule has 92 valence electrons. The van der Waals surface area contributed by atoms with Crippen molar-refractivity contribution in [2.75, 3.05) is 26.8 Å². The molecule has 1 amide bonds. The Bertz CT molecular complexity index is 275. The van der Waals surface area contributed by atoms with Gasteiger partial charge in [0.25, 0.3) is 0 Å². The lowest BCUT2D eigenvalue weighted by Crippen LogP contribution is -2.39. The third-order valence-electron chi connectivity index (χ3n) is 4.12. The number of carbonyl (C=O) groups is 1. The van der Waals surface area contributed by atoms with E-state index in [9.17, 15) is 4.79 Å². The van der Waals surface area contributed by atoms with Crippen LogP contribution in [0.5, 0.6) is 0 Å². The summed E-state index contributed by atoms with van der Waals surface area (Å²) in [7, 11) is 2.13. The van der Waals surface area contributed by atoms with Crippen LogP contribution in [-0.2, 0) is 4.79 Å². The third-order valence-corrected chi connectivity index (χ3v) is 4.12. The van der Waals surface area contributed by atoms with Gasteiger partial charge in [0, 0.05) is 19.1 Å². The monoisotopic (exact) mass is 225 g/mol. The molecule has 1 N–H and O–H groups in total. The quantitative estimate of drug-likeness (QED) is 0.746. The molecule has 0 radical (unpaired) electrons. The Hall–Kier alpha value is -0.610. The molecule has 0 aromatic carbocycles. The zero-order valence-electron chi connectivity index (χ0n) is 10.6. The summed E-state index contributed by atoms with van der Waals surface area (Å²) < 4.78 is 0. The van der Waals surface area contributed by atoms with Gasteiger partial charge in [-0.05, 0) is 33.2 Å². The Labute approximate surface area is 98.0 Å². The van der Waals surface area contributed by atoms with E-state index < -0.39 is 0 Å². The standard InChI is InChI=1S/C12H23N3O/c1-4-10(2)14(3)7-8-15-9-13-12(5-6-12)11(15)16/h10,13H,4-9H2,1-3H3. The predicted octanol–water partition coefficient (Wildman–Crippen LogP) is 0.639. The highest BCUT2D eigenvalue weighted by atomic mass is 16.2. The molecule has 1 atom stereocenters. The fraction of sp³-hybridized carbons (Fsp3) is 0.917. The van der Waals surface area contributed by atoms with Gasteiger partial charge in [0.05, 0.1) is 12.2 Å². The van der Waals surface area contributed by atoms with Crippen LogP contribution in [0.1, 0.15) is 33.1 Å². The van der Waals surface area contributed by atoms with Crippen LogP contribution >= 0.6 is 0 Å². The molecule has 0 bridgehead atoms. The molecule has 1 spiro atoms. The molecule has 1 saturated carbocycles. The van der Waals surface area contributed by atoms with Crippen LogP contribution in [0.3, 0.4) is 0 Å². The molecule has 0 aromatic rings. The summed E-state index contributed by atoms with van der Waals surface area (Å²) in [5, 5.41) is 3.33. The smallest absolute Gasteiger partial charge is 0.244 e. The molecule has 16 heavy (non-hydrogen) atoms. The molecule has 0 aromatic heterocycles. The average molecular weight is 225 g/mol. The number of carbonyl (C=O) groups excluding carboxylic acids is 1. The minimum absolute atomic E-state index is 0.130. The lowest BCUT2D eigenvalue weighted by Gasteiger charge is -2.26. The molecular formula is C12H23N3O. The number of nitrogens with zero attached hydrogens (tertiary/aromatic N) is 2. The first-order valence-electron chi connectivity index (χ1n) is 6.34. The van der Waals surface area contributed by atoms with Crippen molar-refractivity contribution in [3.63, 3.8) is 0 Å². The number of hydrogen-bond acceptors (Lipinski definition) is 3. The van der Waals surface area contributed by atoms with Crippen molar-refractivity contribution >= 4 is 5.91 Å². The highest BCUT2D eigenvalue weighted by molar-refractivity contribution is 5.91. The second-order valence-corrected chi connectivity index (χ2v) is 5.22. The zero-order valence-corrected chi connectivity index (χ0v) is 10.6. The molecular weight excluding hydrogens is 202 g/mol. The summed E-state index contributed by atoms with van der Waals surface area (Å²) in [6, 6.07) is 0.598. The number of nitrogens with one attached hydrogen (secondary N) is 1. The molecule has 2 fully saturated rings. The van der Waals surface area contributed by atoms with Gasteiger partial charge in [-0.25, -0.2) is 0 Å². The molecule has 1 aliphatic heterocycles. The van der Waals surface area contributed by atoms with Crippen molar-refractivity contribution in [2.24, 2.45) is 0 Å². The second kappa shape index (κ2) is 4.34. The van der Waals surface area contributed by atoms with E-state index >= 15 is 0 Å². The maximum atomic E-state index is 12.0. The van der Waals surface area contributed by atoms with E-state index in [1.54, 1.807) is 0 Å². The van der Waals surface area contributed by atoms with Gasteiger partial charge in [0.1, 0.15) is 0 Å². The Morgan fingerprint density at radius 1 is 1.56 bits per heavy atom. The van der Waals surface area contributed by atoms with E-state index in [-0.39, 0.29) is 5.54 Å². The van der Waals surface area contributed by atoms with E-state index in [1.807, 2.05) is 4.90 Å². The van der Waals surface area contributed by atoms with Gasteiger partial charge >= 0.3 is 0 Å². The first kappa shape index (κ1) is 11.9. The molecule has 1 unspecified atom stereocenters. The van der Waals surface area contributed by atoms with Gasteiger partial charge in [0.2, 0.25) is 5.91 Å². The van der Waals surface area contributed by atoms with Gasteiger partial charge in [-0.15, -0.1) is 0 Å². The van der Waals surface area contributed by atoms with Gasteiger partial charge in [-0.1, -0.05) is 6.92 Å². The molecule has 1 heterocycles. The summed E-state index contributed by atoms with van der Waals surface area (Å²) in [4.78, 5) is 16.3. The molecule has 2 rings (SSSR count). The van der Waals surface area contributed by atoms with Crippen LogP contribution in [-0.4, -0.2) is 54.1 Å². The third kappa shape index (κ3) is 2.09. The second-order valence-electron chi connectivity index (χ2n) is 5.22. The van der Waals surface area contributed by atoms with Gasteiger partial charge < -0.3 is 9.80 Å². The summed E-state index contributed by atoms with van der Waals surface area (Å²) in [5.74, 6) is 0.324. The van der Waals surface area contributed by atoms with E-state index in [4.69, 9.17) is 0 Å². The molecule has 1 aliphatic carbocycles. The van der Waals surface area contributed by atoms with Crippen LogP contribution in [0, 0.1) is 0 Å². The maximum Gasteiger partial charge on any atom is 0.244 e. The summed E-state index contributed by atoms with van der Waals surface area (Å²) >= 11 is 0. The van der Waals surface area contributed by atoms with E-state index in [0.29, 0.717) is 11.9 Å². The molecule has 4 heteroatoms. The van der Waals surface area contributed by atoms with Gasteiger partial charge in [-0.3, -0.25) is 10.1 Å². The normalized spacial score (nSPS) is 24.5. The Balaban J connectivity index is 1.77. The topological polar surface area (TPSA) is 35.6 Å². The number of amides is 1. The Morgan fingerprint density at radius 2 is 2.25 bits per heavy atom. The first-order valence-corrected chi connectivity index (χ1v) is 6.34. The van der Waals surface area contributed by atoms with Gasteiger partial charge in [-0.2, -0.15) is 0 Å². The predicted molar refractivity (Wildman–Crippen MR) is 64.1 cm³/mol. The van der Waals surface area contributed by atoms with Gasteiger partial charge in [0.15, 0.2) is 0 Å². The highest BCUT2D eigenvalue weighted by Gasteiger charge is 2.55. The number of rotatable bonds is 5. The van der Waals surface area contributed by atoms with E-state index in [1.165, 1.54) is 0 Å². The summed E-state index contributed by atoms with van der Waals surface area (Å²) in [5.41, 5.74) is -0.130. The van der Waals surface area contributed by atoms with E-state index in [2.05, 4.69) is 31.1 Å². The zero-order chi connectivity index (χ0) is 11.8. The van der Waals surface area contributed by atoms with Crippen LogP contribution < -0.4 is 5.32 Å². The average Bonchev–Trinajstić information content (AvgIpc) is 3.01. The van der Waals surface area contributed by atoms with Crippen molar-refractivity contribution in [2.45, 2.75) is 44.7 Å². The lowest BCUT2D eigenvalue weighted by molar-refractivity contribution is -0.129. The summed E-state index contributed by atoms with van der Waals surface area (Å²) in [6.07, 6.45) is 3.22. The van der Waals surface area contributed by atoms with E-state index in [0.717, 1.165) is 39.0 Å². The number of likely N-dealkylation sites (N-methyl/N-ethyl adjacent to an activating group) is 1. The summed E-state index contributed by atoms with van der Waals surface area (Å²) in [6.45, 7) is 7.00. The SMILES string of the molecule is CCC(C)N(C)CCN1CNC2(CC2)C1=O. The molecule has 1 saturated heterocycles. The largest absolute Gasteiger partial charge is 0.327 e. The fourth-order valence-corrected chi connectivity index (χ4v) is 2.20. The molecule has 2 aliphatic rings. The van der Waals surface area contributed by atoms with Crippen LogP contribution in [0.2, 0.25) is 0 Å². The molecule has 4 nitrogen and oxygen atoms in total. The Kier molecular flexibility index (Phi) is 3.22. The minimum Gasteiger partial charge on any atom is -0.327 e. The van der Waals surface area contributed by atoms with Crippen molar-refractivity contribution in [3.05, 3.63) is 0 Å². The van der Waals surface area contributed by atoms with Crippen molar-refractivity contribution in [3.8, 4) is 0 Å². The van der Waals surface area contributed by atoms with Crippen LogP contribution in [0.4, 0.5) is 0 Å².